The van der Waals surface area contributed by atoms with Gasteiger partial charge in [0.15, 0.2) is 0 Å². The topological polar surface area (TPSA) is 16.4 Å². The van der Waals surface area contributed by atoms with Gasteiger partial charge in [0.05, 0.1) is 16.5 Å². The molecule has 0 saturated heterocycles. The van der Waals surface area contributed by atoms with Crippen LogP contribution in [0, 0.1) is 6.92 Å². The van der Waals surface area contributed by atoms with E-state index in [2.05, 4.69) is 208 Å². The summed E-state index contributed by atoms with van der Waals surface area (Å²) >= 11 is 0. The lowest BCUT2D eigenvalue weighted by atomic mass is 9.67. The molecule has 2 heteroatoms. The monoisotopic (exact) mass is 705 g/mol. The smallest absolute Gasteiger partial charge is 0.137 e. The number of rotatable bonds is 5. The van der Waals surface area contributed by atoms with Crippen molar-refractivity contribution >= 4 is 39.0 Å². The molecule has 262 valence electrons. The molecule has 0 unspecified atom stereocenters. The Morgan fingerprint density at radius 1 is 0.455 bits per heavy atom. The molecule has 0 saturated carbocycles. The van der Waals surface area contributed by atoms with Crippen LogP contribution in [-0.4, -0.2) is 0 Å². The maximum absolute atomic E-state index is 6.52. The molecule has 9 aromatic rings. The molecule has 2 nitrogen and oxygen atoms in total. The Kier molecular flexibility index (Phi) is 6.76. The van der Waals surface area contributed by atoms with E-state index >= 15 is 0 Å². The second-order valence-corrected chi connectivity index (χ2v) is 15.7. The van der Waals surface area contributed by atoms with Crippen molar-refractivity contribution < 1.29 is 4.42 Å². The molecule has 1 aromatic heterocycles. The molecule has 0 amide bonds. The van der Waals surface area contributed by atoms with Crippen molar-refractivity contribution in [2.75, 3.05) is 4.90 Å². The van der Waals surface area contributed by atoms with Crippen molar-refractivity contribution in [1.82, 2.24) is 0 Å². The second kappa shape index (κ2) is 11.7. The predicted molar refractivity (Wildman–Crippen MR) is 228 cm³/mol. The first-order valence-corrected chi connectivity index (χ1v) is 19.3. The lowest BCUT2D eigenvalue weighted by molar-refractivity contribution is 0.655. The minimum absolute atomic E-state index is 0.151. The Bertz CT molecular complexity index is 2930. The Morgan fingerprint density at radius 2 is 1.02 bits per heavy atom. The van der Waals surface area contributed by atoms with E-state index < -0.39 is 5.41 Å². The van der Waals surface area contributed by atoms with E-state index in [0.717, 1.165) is 39.0 Å². The highest BCUT2D eigenvalue weighted by Gasteiger charge is 2.46. The zero-order valence-electron chi connectivity index (χ0n) is 31.2. The molecule has 0 N–H and O–H groups in total. The third-order valence-electron chi connectivity index (χ3n) is 12.4. The van der Waals surface area contributed by atoms with E-state index in [1.54, 1.807) is 0 Å². The van der Waals surface area contributed by atoms with Crippen LogP contribution in [0.5, 0.6) is 0 Å². The molecular formula is C53H39NO. The SMILES string of the molecule is Cc1cccc2c1C(C)(C)c1cc(N(c3ccc4c(c3)C(c3ccccc3)(c3ccccc3)c3ccccc3-4)c3cccc4oc5ccccc5c34)ccc1-2. The average Bonchev–Trinajstić information content (AvgIpc) is 3.83. The molecule has 2 aliphatic carbocycles. The van der Waals surface area contributed by atoms with Crippen molar-refractivity contribution in [3.8, 4) is 22.3 Å². The number of benzene rings is 8. The molecule has 55 heavy (non-hydrogen) atoms. The van der Waals surface area contributed by atoms with Crippen molar-refractivity contribution in [3.05, 3.63) is 221 Å². The van der Waals surface area contributed by atoms with E-state index in [9.17, 15) is 0 Å². The summed E-state index contributed by atoms with van der Waals surface area (Å²) in [5.41, 5.74) is 18.8. The molecular weight excluding hydrogens is 667 g/mol. The molecule has 0 radical (unpaired) electrons. The fourth-order valence-electron chi connectivity index (χ4n) is 10.2. The molecule has 2 aliphatic rings. The van der Waals surface area contributed by atoms with Gasteiger partial charge >= 0.3 is 0 Å². The van der Waals surface area contributed by atoms with E-state index in [-0.39, 0.29) is 5.41 Å². The first-order chi connectivity index (χ1) is 27.0. The number of hydrogen-bond donors (Lipinski definition) is 0. The van der Waals surface area contributed by atoms with Gasteiger partial charge in [-0.3, -0.25) is 0 Å². The molecule has 0 fully saturated rings. The van der Waals surface area contributed by atoms with Crippen LogP contribution in [0.4, 0.5) is 17.1 Å². The summed E-state index contributed by atoms with van der Waals surface area (Å²) < 4.78 is 6.52. The van der Waals surface area contributed by atoms with Gasteiger partial charge in [0.25, 0.3) is 0 Å². The molecule has 0 bridgehead atoms. The zero-order chi connectivity index (χ0) is 36.9. The molecule has 0 aliphatic heterocycles. The van der Waals surface area contributed by atoms with Crippen molar-refractivity contribution in [2.45, 2.75) is 31.6 Å². The van der Waals surface area contributed by atoms with Gasteiger partial charge in [0, 0.05) is 22.2 Å². The van der Waals surface area contributed by atoms with E-state index in [1.807, 2.05) is 0 Å². The number of anilines is 3. The fraction of sp³-hybridized carbons (Fsp3) is 0.0943. The van der Waals surface area contributed by atoms with Gasteiger partial charge in [-0.2, -0.15) is 0 Å². The minimum Gasteiger partial charge on any atom is -0.456 e. The largest absolute Gasteiger partial charge is 0.456 e. The number of para-hydroxylation sites is 1. The second-order valence-electron chi connectivity index (χ2n) is 15.7. The number of furan rings is 1. The van der Waals surface area contributed by atoms with Gasteiger partial charge in [-0.25, -0.2) is 0 Å². The van der Waals surface area contributed by atoms with Crippen LogP contribution in [0.2, 0.25) is 0 Å². The molecule has 8 aromatic carbocycles. The quantitative estimate of drug-likeness (QED) is 0.177. The van der Waals surface area contributed by atoms with Crippen LogP contribution >= 0.6 is 0 Å². The predicted octanol–water partition coefficient (Wildman–Crippen LogP) is 14.0. The van der Waals surface area contributed by atoms with Gasteiger partial charge in [-0.1, -0.05) is 153 Å². The van der Waals surface area contributed by atoms with Gasteiger partial charge < -0.3 is 9.32 Å². The lowest BCUT2D eigenvalue weighted by Crippen LogP contribution is -2.28. The summed E-state index contributed by atoms with van der Waals surface area (Å²) in [6.45, 7) is 7.01. The maximum atomic E-state index is 6.52. The third kappa shape index (κ3) is 4.37. The fourth-order valence-corrected chi connectivity index (χ4v) is 10.2. The molecule has 0 atom stereocenters. The van der Waals surface area contributed by atoms with Gasteiger partial charge in [-0.15, -0.1) is 0 Å². The minimum atomic E-state index is -0.510. The third-order valence-corrected chi connectivity index (χ3v) is 12.4. The Balaban J connectivity index is 1.22. The van der Waals surface area contributed by atoms with Crippen LogP contribution in [0.3, 0.4) is 0 Å². The van der Waals surface area contributed by atoms with Crippen molar-refractivity contribution in [3.63, 3.8) is 0 Å². The van der Waals surface area contributed by atoms with Gasteiger partial charge in [0.1, 0.15) is 11.2 Å². The zero-order valence-corrected chi connectivity index (χ0v) is 31.2. The summed E-state index contributed by atoms with van der Waals surface area (Å²) in [4.78, 5) is 2.47. The van der Waals surface area contributed by atoms with E-state index in [1.165, 1.54) is 61.2 Å². The van der Waals surface area contributed by atoms with Crippen LogP contribution in [0.25, 0.3) is 44.2 Å². The average molecular weight is 706 g/mol. The van der Waals surface area contributed by atoms with Crippen LogP contribution in [0.1, 0.15) is 52.8 Å². The molecule has 0 spiro atoms. The summed E-state index contributed by atoms with van der Waals surface area (Å²) in [5.74, 6) is 0. The Hall–Kier alpha value is -6.64. The number of hydrogen-bond acceptors (Lipinski definition) is 2. The molecule has 11 rings (SSSR count). The van der Waals surface area contributed by atoms with Crippen molar-refractivity contribution in [1.29, 1.82) is 0 Å². The van der Waals surface area contributed by atoms with Gasteiger partial charge in [0.2, 0.25) is 0 Å². The summed E-state index contributed by atoms with van der Waals surface area (Å²) in [6, 6.07) is 67.0. The van der Waals surface area contributed by atoms with Crippen molar-refractivity contribution in [2.24, 2.45) is 0 Å². The standard InChI is InChI=1S/C53H39NO/c1-34-16-14-23-42-41-31-29-37(32-45(41)52(2,3)51(34)42)54(47-25-15-27-49-50(47)43-22-11-13-26-48(43)55-49)38-28-30-40-39-21-10-12-24-44(39)53(46(40)33-38,35-17-6-4-7-18-35)36-19-8-5-9-20-36/h4-33H,1-3H3. The highest BCUT2D eigenvalue weighted by Crippen LogP contribution is 2.58. The Morgan fingerprint density at radius 3 is 1.76 bits per heavy atom. The summed E-state index contributed by atoms with van der Waals surface area (Å²) in [6.07, 6.45) is 0. The summed E-state index contributed by atoms with van der Waals surface area (Å²) in [7, 11) is 0. The van der Waals surface area contributed by atoms with Crippen LogP contribution in [0.15, 0.2) is 186 Å². The first-order valence-electron chi connectivity index (χ1n) is 19.3. The number of aryl methyl sites for hydroxylation is 1. The normalized spacial score (nSPS) is 14.4. The highest BCUT2D eigenvalue weighted by molar-refractivity contribution is 6.13. The lowest BCUT2D eigenvalue weighted by Gasteiger charge is -2.35. The highest BCUT2D eigenvalue weighted by atomic mass is 16.3. The maximum Gasteiger partial charge on any atom is 0.137 e. The first kappa shape index (κ1) is 31.8. The van der Waals surface area contributed by atoms with E-state index in [4.69, 9.17) is 4.42 Å². The van der Waals surface area contributed by atoms with Crippen LogP contribution < -0.4 is 4.90 Å². The summed E-state index contributed by atoms with van der Waals surface area (Å²) in [5, 5.41) is 2.22. The number of nitrogens with zero attached hydrogens (tertiary/aromatic N) is 1. The number of fused-ring (bicyclic) bond motifs is 9. The van der Waals surface area contributed by atoms with E-state index in [0.29, 0.717) is 0 Å². The van der Waals surface area contributed by atoms with Crippen LogP contribution in [-0.2, 0) is 10.8 Å². The van der Waals surface area contributed by atoms with Gasteiger partial charge in [-0.05, 0) is 111 Å². The molecule has 1 heterocycles. The Labute approximate surface area is 322 Å².